The fraction of sp³-hybridized carbons (Fsp3) is 0.714. The van der Waals surface area contributed by atoms with Gasteiger partial charge in [-0.3, -0.25) is 0 Å². The molecule has 2 heteroatoms. The van der Waals surface area contributed by atoms with Crippen LogP contribution in [0.15, 0.2) is 22.8 Å². The Kier molecular flexibility index (Phi) is 5.78. The Bertz CT molecular complexity index is 276. The van der Waals surface area contributed by atoms with Crippen LogP contribution < -0.4 is 5.32 Å². The lowest BCUT2D eigenvalue weighted by Crippen LogP contribution is -2.27. The number of hydrogen-bond acceptors (Lipinski definition) is 2. The first-order chi connectivity index (χ1) is 7.69. The largest absolute Gasteiger partial charge is 0.392 e. The maximum atomic E-state index is 9.39. The molecule has 0 radical (unpaired) electrons. The monoisotopic (exact) mass is 223 g/mol. The number of rotatable bonds is 5. The van der Waals surface area contributed by atoms with Crippen molar-refractivity contribution in [2.45, 2.75) is 40.0 Å². The number of aliphatic hydroxyl groups excluding tert-OH is 1. The van der Waals surface area contributed by atoms with Crippen LogP contribution in [0.1, 0.15) is 40.0 Å². The second kappa shape index (κ2) is 6.87. The molecule has 1 aliphatic heterocycles. The fourth-order valence-electron chi connectivity index (χ4n) is 2.29. The summed E-state index contributed by atoms with van der Waals surface area (Å²) in [6, 6.07) is 0. The molecule has 0 saturated heterocycles. The van der Waals surface area contributed by atoms with Crippen molar-refractivity contribution in [2.75, 3.05) is 19.7 Å². The van der Waals surface area contributed by atoms with E-state index in [0.717, 1.165) is 32.4 Å². The first kappa shape index (κ1) is 13.5. The Morgan fingerprint density at radius 3 is 2.81 bits per heavy atom. The molecule has 0 unspecified atom stereocenters. The Balaban J connectivity index is 2.91. The third-order valence-corrected chi connectivity index (χ3v) is 2.97. The van der Waals surface area contributed by atoms with Crippen LogP contribution in [-0.4, -0.2) is 24.8 Å². The van der Waals surface area contributed by atoms with E-state index in [1.165, 1.54) is 16.7 Å². The van der Waals surface area contributed by atoms with E-state index in [1.807, 2.05) is 0 Å². The molecule has 2 N–H and O–H groups in total. The van der Waals surface area contributed by atoms with Crippen LogP contribution in [-0.2, 0) is 0 Å². The van der Waals surface area contributed by atoms with Gasteiger partial charge in [0.2, 0.25) is 0 Å². The highest BCUT2D eigenvalue weighted by molar-refractivity contribution is 5.38. The summed E-state index contributed by atoms with van der Waals surface area (Å²) in [4.78, 5) is 0. The lowest BCUT2D eigenvalue weighted by Gasteiger charge is -2.23. The number of hydrogen-bond donors (Lipinski definition) is 2. The summed E-state index contributed by atoms with van der Waals surface area (Å²) in [7, 11) is 0. The van der Waals surface area contributed by atoms with E-state index in [0.29, 0.717) is 5.92 Å². The summed E-state index contributed by atoms with van der Waals surface area (Å²) in [6.45, 7) is 8.78. The second-order valence-corrected chi connectivity index (χ2v) is 4.90. The normalized spacial score (nSPS) is 18.4. The predicted octanol–water partition coefficient (Wildman–Crippen LogP) is 2.65. The van der Waals surface area contributed by atoms with Gasteiger partial charge in [0.15, 0.2) is 0 Å². The fourth-order valence-corrected chi connectivity index (χ4v) is 2.29. The Labute approximate surface area is 99.4 Å². The quantitative estimate of drug-likeness (QED) is 0.751. The van der Waals surface area contributed by atoms with Crippen molar-refractivity contribution in [1.29, 1.82) is 0 Å². The van der Waals surface area contributed by atoms with Crippen molar-refractivity contribution < 1.29 is 5.11 Å². The molecule has 1 aliphatic rings. The molecule has 16 heavy (non-hydrogen) atoms. The van der Waals surface area contributed by atoms with Crippen LogP contribution in [0, 0.1) is 5.92 Å². The van der Waals surface area contributed by atoms with E-state index in [4.69, 9.17) is 0 Å². The molecule has 92 valence electrons. The summed E-state index contributed by atoms with van der Waals surface area (Å²) in [6.07, 6.45) is 5.61. The van der Waals surface area contributed by atoms with Crippen molar-refractivity contribution >= 4 is 0 Å². The molecular formula is C14H25NO. The molecule has 0 bridgehead atoms. The van der Waals surface area contributed by atoms with Gasteiger partial charge in [0.05, 0.1) is 6.61 Å². The number of nitrogens with one attached hydrogen (secondary N) is 1. The number of allylic oxidation sites excluding steroid dienone is 2. The van der Waals surface area contributed by atoms with Crippen molar-refractivity contribution in [3.05, 3.63) is 22.8 Å². The molecule has 0 saturated carbocycles. The molecule has 0 aliphatic carbocycles. The highest BCUT2D eigenvalue weighted by Gasteiger charge is 2.15. The van der Waals surface area contributed by atoms with Gasteiger partial charge in [0, 0.05) is 6.54 Å². The van der Waals surface area contributed by atoms with Crippen LogP contribution in [0.4, 0.5) is 0 Å². The average molecular weight is 223 g/mol. The van der Waals surface area contributed by atoms with E-state index < -0.39 is 0 Å². The molecule has 0 atom stereocenters. The van der Waals surface area contributed by atoms with Crippen LogP contribution >= 0.6 is 0 Å². The smallest absolute Gasteiger partial charge is 0.0659 e. The predicted molar refractivity (Wildman–Crippen MR) is 69.4 cm³/mol. The second-order valence-electron chi connectivity index (χ2n) is 4.90. The van der Waals surface area contributed by atoms with Crippen LogP contribution in [0.5, 0.6) is 0 Å². The topological polar surface area (TPSA) is 32.3 Å². The summed E-state index contributed by atoms with van der Waals surface area (Å²) >= 11 is 0. The van der Waals surface area contributed by atoms with Gasteiger partial charge >= 0.3 is 0 Å². The van der Waals surface area contributed by atoms with Gasteiger partial charge in [-0.2, -0.15) is 0 Å². The molecule has 1 heterocycles. The Morgan fingerprint density at radius 1 is 1.50 bits per heavy atom. The molecule has 2 nitrogen and oxygen atoms in total. The molecular weight excluding hydrogens is 198 g/mol. The van der Waals surface area contributed by atoms with Gasteiger partial charge in [-0.25, -0.2) is 0 Å². The van der Waals surface area contributed by atoms with E-state index in [9.17, 15) is 5.11 Å². The van der Waals surface area contributed by atoms with E-state index >= 15 is 0 Å². The first-order valence-corrected chi connectivity index (χ1v) is 6.40. The minimum Gasteiger partial charge on any atom is -0.392 e. The zero-order chi connectivity index (χ0) is 12.0. The van der Waals surface area contributed by atoms with Crippen LogP contribution in [0.2, 0.25) is 0 Å². The summed E-state index contributed by atoms with van der Waals surface area (Å²) in [5.41, 5.74) is 4.06. The summed E-state index contributed by atoms with van der Waals surface area (Å²) in [5, 5.41) is 12.7. The average Bonchev–Trinajstić information content (AvgIpc) is 2.28. The Morgan fingerprint density at radius 2 is 2.25 bits per heavy atom. The van der Waals surface area contributed by atoms with Gasteiger partial charge in [0.1, 0.15) is 0 Å². The van der Waals surface area contributed by atoms with Crippen molar-refractivity contribution in [2.24, 2.45) is 5.92 Å². The highest BCUT2D eigenvalue weighted by Crippen LogP contribution is 2.26. The standard InChI is InChI=1S/C14H25NO/c1-4-5-12(8-11(2)3)14-6-7-15-9-13(14)10-16/h5,11,15-16H,4,6-10H2,1-3H3/b12-5+. The maximum Gasteiger partial charge on any atom is 0.0659 e. The zero-order valence-electron chi connectivity index (χ0n) is 10.8. The van der Waals surface area contributed by atoms with Gasteiger partial charge in [-0.1, -0.05) is 26.8 Å². The van der Waals surface area contributed by atoms with E-state index in [2.05, 4.69) is 32.2 Å². The van der Waals surface area contributed by atoms with Crippen LogP contribution in [0.25, 0.3) is 0 Å². The Hall–Kier alpha value is -0.600. The first-order valence-electron chi connectivity index (χ1n) is 6.40. The highest BCUT2D eigenvalue weighted by atomic mass is 16.3. The number of aliphatic hydroxyl groups is 1. The molecule has 0 aromatic carbocycles. The third kappa shape index (κ3) is 3.76. The lowest BCUT2D eigenvalue weighted by atomic mass is 9.88. The van der Waals surface area contributed by atoms with Gasteiger partial charge in [0.25, 0.3) is 0 Å². The van der Waals surface area contributed by atoms with E-state index in [1.54, 1.807) is 0 Å². The van der Waals surface area contributed by atoms with Gasteiger partial charge in [-0.15, -0.1) is 0 Å². The summed E-state index contributed by atoms with van der Waals surface area (Å²) in [5.74, 6) is 0.681. The SMILES string of the molecule is CC/C=C(\CC(C)C)C1=C(CO)CNCC1. The van der Waals surface area contributed by atoms with Crippen molar-refractivity contribution in [3.63, 3.8) is 0 Å². The molecule has 0 amide bonds. The minimum atomic E-state index is 0.196. The zero-order valence-corrected chi connectivity index (χ0v) is 10.8. The molecule has 0 aromatic rings. The van der Waals surface area contributed by atoms with Crippen LogP contribution in [0.3, 0.4) is 0 Å². The summed E-state index contributed by atoms with van der Waals surface area (Å²) < 4.78 is 0. The van der Waals surface area contributed by atoms with E-state index in [-0.39, 0.29) is 6.61 Å². The maximum absolute atomic E-state index is 9.39. The lowest BCUT2D eigenvalue weighted by molar-refractivity contribution is 0.323. The van der Waals surface area contributed by atoms with Crippen molar-refractivity contribution in [3.8, 4) is 0 Å². The van der Waals surface area contributed by atoms with Gasteiger partial charge in [-0.05, 0) is 48.4 Å². The molecule has 0 aromatic heterocycles. The van der Waals surface area contributed by atoms with Crippen molar-refractivity contribution in [1.82, 2.24) is 5.32 Å². The third-order valence-electron chi connectivity index (χ3n) is 2.97. The molecule has 0 spiro atoms. The minimum absolute atomic E-state index is 0.196. The van der Waals surface area contributed by atoms with Gasteiger partial charge < -0.3 is 10.4 Å². The molecule has 0 fully saturated rings. The molecule has 1 rings (SSSR count).